The van der Waals surface area contributed by atoms with Crippen molar-refractivity contribution in [3.8, 4) is 0 Å². The summed E-state index contributed by atoms with van der Waals surface area (Å²) in [6.45, 7) is 2.88. The first-order valence-corrected chi connectivity index (χ1v) is 11.3. The van der Waals surface area contributed by atoms with E-state index < -0.39 is 10.0 Å². The van der Waals surface area contributed by atoms with Crippen molar-refractivity contribution in [2.45, 2.75) is 31.1 Å². The number of hydrogen-bond acceptors (Lipinski definition) is 5. The molecule has 1 aromatic carbocycles. The molecule has 0 unspecified atom stereocenters. The SMILES string of the molecule is Cc1ccc(NC(=O)CSC(=S)N(C)C)cc1S(=O)(=O)N1CCCCC1. The summed E-state index contributed by atoms with van der Waals surface area (Å²) in [5, 5.41) is 2.76. The first-order chi connectivity index (χ1) is 12.2. The van der Waals surface area contributed by atoms with Gasteiger partial charge in [-0.05, 0) is 37.5 Å². The highest BCUT2D eigenvalue weighted by Gasteiger charge is 2.27. The van der Waals surface area contributed by atoms with Crippen LogP contribution in [0.3, 0.4) is 0 Å². The molecule has 1 N–H and O–H groups in total. The predicted molar refractivity (Wildman–Crippen MR) is 111 cm³/mol. The largest absolute Gasteiger partial charge is 0.364 e. The second-order valence-electron chi connectivity index (χ2n) is 6.44. The van der Waals surface area contributed by atoms with Gasteiger partial charge in [0.15, 0.2) is 0 Å². The number of hydrogen-bond donors (Lipinski definition) is 1. The third-order valence-electron chi connectivity index (χ3n) is 4.10. The minimum Gasteiger partial charge on any atom is -0.364 e. The van der Waals surface area contributed by atoms with Crippen LogP contribution in [0.2, 0.25) is 0 Å². The summed E-state index contributed by atoms with van der Waals surface area (Å²) in [5.41, 5.74) is 1.16. The standard InChI is InChI=1S/C17H25N3O3S3/c1-13-7-8-14(18-16(21)12-25-17(24)19(2)3)11-15(13)26(22,23)20-9-5-4-6-10-20/h7-8,11H,4-6,9-10,12H2,1-3H3,(H,18,21). The van der Waals surface area contributed by atoms with Gasteiger partial charge in [-0.15, -0.1) is 0 Å². The van der Waals surface area contributed by atoms with Gasteiger partial charge in [0.25, 0.3) is 0 Å². The van der Waals surface area contributed by atoms with Crippen LogP contribution in [0.15, 0.2) is 23.1 Å². The third kappa shape index (κ3) is 5.42. The summed E-state index contributed by atoms with van der Waals surface area (Å²) < 4.78 is 28.0. The average Bonchev–Trinajstić information content (AvgIpc) is 2.61. The van der Waals surface area contributed by atoms with E-state index >= 15 is 0 Å². The smallest absolute Gasteiger partial charge is 0.243 e. The molecule has 6 nitrogen and oxygen atoms in total. The van der Waals surface area contributed by atoms with E-state index in [4.69, 9.17) is 12.2 Å². The van der Waals surface area contributed by atoms with Crippen molar-refractivity contribution in [3.05, 3.63) is 23.8 Å². The fraction of sp³-hybridized carbons (Fsp3) is 0.529. The molecular weight excluding hydrogens is 390 g/mol. The molecule has 0 atom stereocenters. The van der Waals surface area contributed by atoms with E-state index in [2.05, 4.69) is 5.32 Å². The summed E-state index contributed by atoms with van der Waals surface area (Å²) in [6.07, 6.45) is 2.84. The molecule has 1 aromatic rings. The monoisotopic (exact) mass is 415 g/mol. The van der Waals surface area contributed by atoms with Crippen molar-refractivity contribution in [2.75, 3.05) is 38.3 Å². The molecule has 0 aliphatic carbocycles. The number of anilines is 1. The fourth-order valence-corrected chi connectivity index (χ4v) is 5.18. The zero-order valence-corrected chi connectivity index (χ0v) is 17.8. The van der Waals surface area contributed by atoms with Crippen LogP contribution in [0.5, 0.6) is 0 Å². The molecule has 2 rings (SSSR count). The van der Waals surface area contributed by atoms with Gasteiger partial charge in [0.1, 0.15) is 4.32 Å². The molecule has 0 aromatic heterocycles. The van der Waals surface area contributed by atoms with E-state index in [1.54, 1.807) is 30.0 Å². The summed E-state index contributed by atoms with van der Waals surface area (Å²) in [7, 11) is 0.110. The summed E-state index contributed by atoms with van der Waals surface area (Å²) in [6, 6.07) is 4.99. The van der Waals surface area contributed by atoms with Crippen LogP contribution in [-0.2, 0) is 14.8 Å². The molecule has 9 heteroatoms. The molecule has 1 heterocycles. The first kappa shape index (κ1) is 21.1. The van der Waals surface area contributed by atoms with Crippen LogP contribution in [0.25, 0.3) is 0 Å². The molecule has 26 heavy (non-hydrogen) atoms. The Morgan fingerprint density at radius 2 is 1.92 bits per heavy atom. The Morgan fingerprint density at radius 1 is 1.27 bits per heavy atom. The number of nitrogens with zero attached hydrogens (tertiary/aromatic N) is 2. The molecule has 1 saturated heterocycles. The lowest BCUT2D eigenvalue weighted by Crippen LogP contribution is -2.36. The molecule has 0 radical (unpaired) electrons. The van der Waals surface area contributed by atoms with E-state index in [-0.39, 0.29) is 16.6 Å². The van der Waals surface area contributed by atoms with Crippen LogP contribution >= 0.6 is 24.0 Å². The number of carbonyl (C=O) groups excluding carboxylic acids is 1. The Balaban J connectivity index is 2.11. The van der Waals surface area contributed by atoms with Crippen molar-refractivity contribution in [1.82, 2.24) is 9.21 Å². The quantitative estimate of drug-likeness (QED) is 0.746. The number of benzene rings is 1. The number of amides is 1. The lowest BCUT2D eigenvalue weighted by atomic mass is 10.2. The highest BCUT2D eigenvalue weighted by Crippen LogP contribution is 2.26. The van der Waals surface area contributed by atoms with E-state index in [0.29, 0.717) is 28.7 Å². The Morgan fingerprint density at radius 3 is 2.54 bits per heavy atom. The van der Waals surface area contributed by atoms with Crippen LogP contribution in [0.1, 0.15) is 24.8 Å². The number of thioether (sulfide) groups is 1. The minimum atomic E-state index is -3.54. The molecule has 1 amide bonds. The van der Waals surface area contributed by atoms with Crippen LogP contribution in [0.4, 0.5) is 5.69 Å². The number of nitrogens with one attached hydrogen (secondary N) is 1. The van der Waals surface area contributed by atoms with Gasteiger partial charge in [0, 0.05) is 32.9 Å². The fourth-order valence-electron chi connectivity index (χ4n) is 2.65. The normalized spacial score (nSPS) is 15.5. The maximum atomic E-state index is 12.9. The van der Waals surface area contributed by atoms with Crippen LogP contribution in [-0.4, -0.2) is 60.8 Å². The molecule has 144 valence electrons. The zero-order valence-electron chi connectivity index (χ0n) is 15.3. The van der Waals surface area contributed by atoms with Gasteiger partial charge in [-0.2, -0.15) is 4.31 Å². The number of carbonyl (C=O) groups is 1. The maximum Gasteiger partial charge on any atom is 0.243 e. The zero-order chi connectivity index (χ0) is 19.3. The molecule has 1 aliphatic heterocycles. The average molecular weight is 416 g/mol. The van der Waals surface area contributed by atoms with Gasteiger partial charge < -0.3 is 10.2 Å². The van der Waals surface area contributed by atoms with Crippen molar-refractivity contribution in [3.63, 3.8) is 0 Å². The molecule has 0 spiro atoms. The third-order valence-corrected chi connectivity index (χ3v) is 7.87. The highest BCUT2D eigenvalue weighted by atomic mass is 32.2. The Labute approximate surface area is 165 Å². The van der Waals surface area contributed by atoms with Crippen LogP contribution in [0, 0.1) is 6.92 Å². The molecular formula is C17H25N3O3S3. The number of sulfonamides is 1. The lowest BCUT2D eigenvalue weighted by molar-refractivity contribution is -0.113. The number of aryl methyl sites for hydroxylation is 1. The lowest BCUT2D eigenvalue weighted by Gasteiger charge is -2.26. The second kappa shape index (κ2) is 9.16. The molecule has 1 aliphatic rings. The Hall–Kier alpha value is -1.16. The van der Waals surface area contributed by atoms with E-state index in [1.807, 2.05) is 14.1 Å². The predicted octanol–water partition coefficient (Wildman–Crippen LogP) is 2.69. The molecule has 0 saturated carbocycles. The summed E-state index contributed by atoms with van der Waals surface area (Å²) in [5.74, 6) is -0.0385. The van der Waals surface area contributed by atoms with Crippen LogP contribution < -0.4 is 5.32 Å². The number of piperidine rings is 1. The maximum absolute atomic E-state index is 12.9. The van der Waals surface area contributed by atoms with Gasteiger partial charge in [0.05, 0.1) is 10.6 Å². The van der Waals surface area contributed by atoms with Crippen molar-refractivity contribution >= 4 is 49.9 Å². The topological polar surface area (TPSA) is 69.7 Å². The Bertz CT molecular complexity index is 773. The Kier molecular flexibility index (Phi) is 7.45. The van der Waals surface area contributed by atoms with E-state index in [1.165, 1.54) is 16.1 Å². The highest BCUT2D eigenvalue weighted by molar-refractivity contribution is 8.23. The summed E-state index contributed by atoms with van der Waals surface area (Å²) >= 11 is 6.41. The van der Waals surface area contributed by atoms with Gasteiger partial charge in [-0.1, -0.05) is 36.5 Å². The van der Waals surface area contributed by atoms with E-state index in [9.17, 15) is 13.2 Å². The van der Waals surface area contributed by atoms with Crippen molar-refractivity contribution < 1.29 is 13.2 Å². The van der Waals surface area contributed by atoms with Gasteiger partial charge >= 0.3 is 0 Å². The van der Waals surface area contributed by atoms with Crippen molar-refractivity contribution in [2.24, 2.45) is 0 Å². The first-order valence-electron chi connectivity index (χ1n) is 8.46. The van der Waals surface area contributed by atoms with Gasteiger partial charge in [0.2, 0.25) is 15.9 Å². The van der Waals surface area contributed by atoms with E-state index in [0.717, 1.165) is 19.3 Å². The second-order valence-corrected chi connectivity index (χ2v) is 9.96. The molecule has 0 bridgehead atoms. The van der Waals surface area contributed by atoms with Gasteiger partial charge in [-0.3, -0.25) is 4.79 Å². The minimum absolute atomic E-state index is 0.180. The van der Waals surface area contributed by atoms with Crippen molar-refractivity contribution in [1.29, 1.82) is 0 Å². The molecule has 1 fully saturated rings. The number of thiocarbonyl (C=S) groups is 1. The number of rotatable bonds is 5. The summed E-state index contributed by atoms with van der Waals surface area (Å²) in [4.78, 5) is 14.1. The van der Waals surface area contributed by atoms with Gasteiger partial charge in [-0.25, -0.2) is 8.42 Å².